The van der Waals surface area contributed by atoms with Gasteiger partial charge in [-0.3, -0.25) is 9.69 Å². The summed E-state index contributed by atoms with van der Waals surface area (Å²) in [5, 5.41) is 7.74. The van der Waals surface area contributed by atoms with Crippen LogP contribution in [-0.2, 0) is 13.6 Å². The second kappa shape index (κ2) is 11.3. The Labute approximate surface area is 233 Å². The topological polar surface area (TPSA) is 142 Å². The van der Waals surface area contributed by atoms with Gasteiger partial charge < -0.3 is 20.9 Å². The third-order valence-corrected chi connectivity index (χ3v) is 7.83. The van der Waals surface area contributed by atoms with E-state index in [0.29, 0.717) is 17.2 Å². The number of carbonyl (C=O) groups is 1. The highest BCUT2D eigenvalue weighted by Gasteiger charge is 2.23. The van der Waals surface area contributed by atoms with Crippen LogP contribution >= 0.6 is 0 Å². The molecule has 5 N–H and O–H groups in total. The quantitative estimate of drug-likeness (QED) is 0.104. The molecule has 0 saturated carbocycles. The molecule has 0 unspecified atom stereocenters. The van der Waals surface area contributed by atoms with Crippen molar-refractivity contribution in [2.24, 2.45) is 23.1 Å². The summed E-state index contributed by atoms with van der Waals surface area (Å²) in [6.45, 7) is 2.85. The molecule has 0 bridgehead atoms. The number of amidine groups is 1. The van der Waals surface area contributed by atoms with Crippen LogP contribution in [0, 0.1) is 5.53 Å². The minimum absolute atomic E-state index is 0.0314. The third kappa shape index (κ3) is 5.30. The van der Waals surface area contributed by atoms with Gasteiger partial charge in [0.2, 0.25) is 0 Å². The predicted molar refractivity (Wildman–Crippen MR) is 158 cm³/mol. The van der Waals surface area contributed by atoms with Gasteiger partial charge in [0, 0.05) is 61.8 Å². The first kappa shape index (κ1) is 27.0. The van der Waals surface area contributed by atoms with Gasteiger partial charge in [0.15, 0.2) is 5.84 Å². The summed E-state index contributed by atoms with van der Waals surface area (Å²) in [5.74, 6) is 0.637. The fraction of sp³-hybridized carbons (Fsp3) is 0.300. The molecule has 2 aromatic heterocycles. The lowest BCUT2D eigenvalue weighted by Gasteiger charge is -2.32. The lowest BCUT2D eigenvalue weighted by molar-refractivity contribution is 0.0827. The minimum Gasteiger partial charge on any atom is -0.398 e. The molecule has 1 saturated heterocycles. The summed E-state index contributed by atoms with van der Waals surface area (Å²) >= 11 is 0. The van der Waals surface area contributed by atoms with Gasteiger partial charge in [0.1, 0.15) is 5.65 Å². The van der Waals surface area contributed by atoms with Crippen molar-refractivity contribution in [2.45, 2.75) is 25.3 Å². The summed E-state index contributed by atoms with van der Waals surface area (Å²) in [7, 11) is 5.61. The number of fused-ring (bicyclic) bond motifs is 1. The van der Waals surface area contributed by atoms with Crippen LogP contribution < -0.4 is 11.5 Å². The highest BCUT2D eigenvalue weighted by molar-refractivity contribution is 6.04. The molecule has 206 valence electrons. The van der Waals surface area contributed by atoms with Crippen molar-refractivity contribution >= 4 is 28.5 Å². The Hall–Kier alpha value is -4.57. The molecule has 10 heteroatoms. The Kier molecular flexibility index (Phi) is 7.61. The van der Waals surface area contributed by atoms with Crippen LogP contribution in [0.1, 0.15) is 45.9 Å². The van der Waals surface area contributed by atoms with Crippen molar-refractivity contribution in [3.05, 3.63) is 83.2 Å². The summed E-state index contributed by atoms with van der Waals surface area (Å²) in [5.41, 5.74) is 26.2. The maximum atomic E-state index is 12.2. The van der Waals surface area contributed by atoms with Crippen molar-refractivity contribution in [2.75, 3.05) is 32.9 Å². The number of hydrogen-bond donors (Lipinski definition) is 3. The van der Waals surface area contributed by atoms with E-state index in [2.05, 4.69) is 50.0 Å². The molecular formula is C30H35N9O. The second-order valence-corrected chi connectivity index (χ2v) is 10.5. The van der Waals surface area contributed by atoms with Crippen LogP contribution in [0.4, 0.5) is 5.69 Å². The summed E-state index contributed by atoms with van der Waals surface area (Å²) < 4.78 is 2.17. The van der Waals surface area contributed by atoms with Crippen LogP contribution in [0.2, 0.25) is 0 Å². The van der Waals surface area contributed by atoms with E-state index in [4.69, 9.17) is 17.0 Å². The summed E-state index contributed by atoms with van der Waals surface area (Å²) in [6, 6.07) is 18.0. The predicted octanol–water partition coefficient (Wildman–Crippen LogP) is 4.56. The maximum Gasteiger partial charge on any atom is 0.253 e. The summed E-state index contributed by atoms with van der Waals surface area (Å²) in [6.07, 6.45) is 3.98. The SMILES string of the molecule is CN(C)C(=O)c1ccc(C2CCN(Cc3cc4c(-c5ccc(N)c(/C(N)=N/N=N)c5)ccnc4n3C)CC2)cc1. The molecule has 0 spiro atoms. The molecule has 1 amide bonds. The fourth-order valence-electron chi connectivity index (χ4n) is 5.54. The van der Waals surface area contributed by atoms with Gasteiger partial charge in [-0.15, -0.1) is 5.10 Å². The van der Waals surface area contributed by atoms with E-state index in [0.717, 1.165) is 60.2 Å². The van der Waals surface area contributed by atoms with Gasteiger partial charge in [0.25, 0.3) is 5.91 Å². The molecule has 0 atom stereocenters. The molecule has 0 aliphatic carbocycles. The number of nitrogen functional groups attached to an aromatic ring is 1. The molecule has 0 radical (unpaired) electrons. The lowest BCUT2D eigenvalue weighted by atomic mass is 9.89. The standard InChI is InChI=1S/C30H35N9O/c1-37(2)30(40)21-6-4-19(5-7-21)20-11-14-39(15-12-20)18-23-17-25-24(10-13-34-29(25)38(23)3)22-8-9-27(31)26(16-22)28(32)35-36-33/h4-10,13,16-17,20H,11-12,14-15,18,31H2,1-3H3,(H3,32,33,35). The van der Waals surface area contributed by atoms with Crippen molar-refractivity contribution < 1.29 is 4.79 Å². The van der Waals surface area contributed by atoms with E-state index in [1.165, 1.54) is 11.3 Å². The molecule has 1 aliphatic heterocycles. The number of anilines is 1. The zero-order valence-electron chi connectivity index (χ0n) is 23.1. The van der Waals surface area contributed by atoms with Crippen LogP contribution in [0.3, 0.4) is 0 Å². The van der Waals surface area contributed by atoms with Crippen molar-refractivity contribution in [3.63, 3.8) is 0 Å². The smallest absolute Gasteiger partial charge is 0.253 e. The number of carbonyl (C=O) groups excluding carboxylic acids is 1. The highest BCUT2D eigenvalue weighted by Crippen LogP contribution is 2.33. The molecule has 1 aliphatic rings. The molecule has 3 heterocycles. The minimum atomic E-state index is 0.0314. The number of benzene rings is 2. The molecule has 10 nitrogen and oxygen atoms in total. The number of aryl methyl sites for hydroxylation is 1. The van der Waals surface area contributed by atoms with E-state index >= 15 is 0 Å². The first-order valence-corrected chi connectivity index (χ1v) is 13.3. The number of pyridine rings is 1. The van der Waals surface area contributed by atoms with Gasteiger partial charge >= 0.3 is 0 Å². The van der Waals surface area contributed by atoms with Gasteiger partial charge in [-0.2, -0.15) is 5.53 Å². The number of rotatable bonds is 7. The first-order valence-electron chi connectivity index (χ1n) is 13.3. The largest absolute Gasteiger partial charge is 0.398 e. The number of nitrogens with two attached hydrogens (primary N) is 2. The molecule has 5 rings (SSSR count). The van der Waals surface area contributed by atoms with E-state index in [9.17, 15) is 4.79 Å². The normalized spacial score (nSPS) is 14.9. The Balaban J connectivity index is 1.32. The number of amides is 1. The van der Waals surface area contributed by atoms with Crippen molar-refractivity contribution in [3.8, 4) is 11.1 Å². The highest BCUT2D eigenvalue weighted by atomic mass is 16.2. The average Bonchev–Trinajstić information content (AvgIpc) is 3.28. The zero-order chi connectivity index (χ0) is 28.4. The van der Waals surface area contributed by atoms with E-state index in [-0.39, 0.29) is 11.7 Å². The number of hydrogen-bond acceptors (Lipinski definition) is 6. The van der Waals surface area contributed by atoms with Crippen LogP contribution in [-0.4, -0.2) is 58.3 Å². The maximum absolute atomic E-state index is 12.2. The Morgan fingerprint density at radius 2 is 1.82 bits per heavy atom. The number of piperidine rings is 1. The third-order valence-electron chi connectivity index (χ3n) is 7.83. The van der Waals surface area contributed by atoms with Crippen LogP contribution in [0.5, 0.6) is 0 Å². The average molecular weight is 538 g/mol. The zero-order valence-corrected chi connectivity index (χ0v) is 23.1. The van der Waals surface area contributed by atoms with Gasteiger partial charge in [-0.25, -0.2) is 4.98 Å². The second-order valence-electron chi connectivity index (χ2n) is 10.5. The Morgan fingerprint density at radius 3 is 2.50 bits per heavy atom. The number of likely N-dealkylation sites (tertiary alicyclic amines) is 1. The Morgan fingerprint density at radius 1 is 1.10 bits per heavy atom. The molecule has 1 fully saturated rings. The van der Waals surface area contributed by atoms with Crippen LogP contribution in [0.25, 0.3) is 22.2 Å². The van der Waals surface area contributed by atoms with Gasteiger partial charge in [0.05, 0.1) is 0 Å². The fourth-order valence-corrected chi connectivity index (χ4v) is 5.54. The molecule has 2 aromatic carbocycles. The first-order chi connectivity index (χ1) is 19.3. The molecular weight excluding hydrogens is 502 g/mol. The van der Waals surface area contributed by atoms with Gasteiger partial charge in [-0.1, -0.05) is 23.4 Å². The number of aromatic nitrogens is 2. The van der Waals surface area contributed by atoms with E-state index in [1.54, 1.807) is 25.1 Å². The van der Waals surface area contributed by atoms with Crippen molar-refractivity contribution in [1.82, 2.24) is 19.4 Å². The number of nitrogens with zero attached hydrogens (tertiary/aromatic N) is 6. The van der Waals surface area contributed by atoms with E-state index in [1.807, 2.05) is 36.5 Å². The Bertz CT molecular complexity index is 1580. The molecule has 40 heavy (non-hydrogen) atoms. The molecule has 4 aromatic rings. The monoisotopic (exact) mass is 537 g/mol. The van der Waals surface area contributed by atoms with E-state index < -0.39 is 0 Å². The van der Waals surface area contributed by atoms with Gasteiger partial charge in [-0.05, 0) is 84.9 Å². The summed E-state index contributed by atoms with van der Waals surface area (Å²) in [4.78, 5) is 21.0. The van der Waals surface area contributed by atoms with Crippen molar-refractivity contribution in [1.29, 1.82) is 5.53 Å². The van der Waals surface area contributed by atoms with Crippen LogP contribution in [0.15, 0.2) is 71.1 Å². The lowest BCUT2D eigenvalue weighted by Crippen LogP contribution is -2.33. The number of nitrogens with one attached hydrogen (secondary N) is 1.